The van der Waals surface area contributed by atoms with E-state index in [0.29, 0.717) is 9.91 Å². The van der Waals surface area contributed by atoms with Crippen molar-refractivity contribution in [1.29, 1.82) is 0 Å². The maximum absolute atomic E-state index is 13.0. The summed E-state index contributed by atoms with van der Waals surface area (Å²) in [7, 11) is -3.64. The Hall–Kier alpha value is -1.30. The van der Waals surface area contributed by atoms with Gasteiger partial charge in [0.2, 0.25) is 5.91 Å². The lowest BCUT2D eigenvalue weighted by atomic mass is 9.85. The van der Waals surface area contributed by atoms with Gasteiger partial charge in [0.15, 0.2) is 25.3 Å². The van der Waals surface area contributed by atoms with Gasteiger partial charge in [-0.25, -0.2) is 8.42 Å². The van der Waals surface area contributed by atoms with Crippen LogP contribution in [0.4, 0.5) is 0 Å². The zero-order valence-electron chi connectivity index (χ0n) is 14.8. The number of carbonyl (C=O) groups is 2. The summed E-state index contributed by atoms with van der Waals surface area (Å²) in [6, 6.07) is -1.11. The molecule has 2 N–H and O–H groups in total. The van der Waals surface area contributed by atoms with Crippen LogP contribution in [0.1, 0.15) is 25.8 Å². The lowest BCUT2D eigenvalue weighted by Gasteiger charge is -2.49. The molecule has 0 aromatic carbocycles. The first-order valence-electron chi connectivity index (χ1n) is 7.93. The maximum Gasteiger partial charge on any atom is 0.248 e. The van der Waals surface area contributed by atoms with Crippen molar-refractivity contribution < 1.29 is 18.0 Å². The first-order valence-corrected chi connectivity index (χ1v) is 11.4. The Morgan fingerprint density at radius 2 is 2.04 bits per heavy atom. The van der Waals surface area contributed by atoms with Crippen LogP contribution in [-0.4, -0.2) is 58.1 Å². The summed E-state index contributed by atoms with van der Waals surface area (Å²) in [6.45, 7) is 7.04. The summed E-state index contributed by atoms with van der Waals surface area (Å²) >= 11 is 2.70. The average Bonchev–Trinajstić information content (AvgIpc) is 2.94. The Bertz CT molecular complexity index is 914. The number of thioether (sulfide) groups is 1. The van der Waals surface area contributed by atoms with E-state index in [1.807, 2.05) is 6.92 Å². The SMILES string of the molecule is Cc1nnc(SCC2=C(C(=O)C(C)(C)C)N3C(=O)[C@@H](N)[C@@H]3S(=O)(=O)C2)s1. The highest BCUT2D eigenvalue weighted by atomic mass is 32.2. The van der Waals surface area contributed by atoms with Crippen LogP contribution in [0.15, 0.2) is 15.6 Å². The number of ketones is 1. The molecule has 0 saturated carbocycles. The normalized spacial score (nSPS) is 25.1. The number of fused-ring (bicyclic) bond motifs is 1. The summed E-state index contributed by atoms with van der Waals surface area (Å²) in [6.07, 6.45) is 0. The van der Waals surface area contributed by atoms with E-state index in [-0.39, 0.29) is 23.0 Å². The lowest BCUT2D eigenvalue weighted by molar-refractivity contribution is -0.145. The number of rotatable bonds is 4. The summed E-state index contributed by atoms with van der Waals surface area (Å²) in [4.78, 5) is 26.3. The van der Waals surface area contributed by atoms with Gasteiger partial charge in [-0.05, 0) is 12.5 Å². The predicted octanol–water partition coefficient (Wildman–Crippen LogP) is 0.732. The molecule has 0 radical (unpaired) electrons. The van der Waals surface area contributed by atoms with Gasteiger partial charge in [0.1, 0.15) is 11.0 Å². The molecule has 0 unspecified atom stereocenters. The number of β-lactam (4-membered cyclic amide) rings is 1. The molecule has 1 saturated heterocycles. The predicted molar refractivity (Wildman–Crippen MR) is 99.3 cm³/mol. The van der Waals surface area contributed by atoms with Gasteiger partial charge in [-0.2, -0.15) is 0 Å². The Morgan fingerprint density at radius 3 is 2.58 bits per heavy atom. The van der Waals surface area contributed by atoms with Gasteiger partial charge in [-0.1, -0.05) is 43.9 Å². The third kappa shape index (κ3) is 3.21. The zero-order valence-corrected chi connectivity index (χ0v) is 17.3. The van der Waals surface area contributed by atoms with Crippen LogP contribution in [0.5, 0.6) is 0 Å². The molecule has 3 rings (SSSR count). The number of amides is 1. The van der Waals surface area contributed by atoms with Gasteiger partial charge >= 0.3 is 0 Å². The van der Waals surface area contributed by atoms with Crippen LogP contribution in [0.25, 0.3) is 0 Å². The minimum Gasteiger partial charge on any atom is -0.317 e. The molecule has 1 amide bonds. The molecule has 0 aliphatic carbocycles. The molecule has 11 heteroatoms. The highest BCUT2D eigenvalue weighted by Gasteiger charge is 2.58. The van der Waals surface area contributed by atoms with E-state index in [1.54, 1.807) is 20.8 Å². The lowest BCUT2D eigenvalue weighted by Crippen LogP contribution is -2.73. The van der Waals surface area contributed by atoms with Crippen LogP contribution in [0, 0.1) is 12.3 Å². The van der Waals surface area contributed by atoms with E-state index < -0.39 is 32.6 Å². The largest absolute Gasteiger partial charge is 0.317 e. The van der Waals surface area contributed by atoms with Crippen LogP contribution < -0.4 is 5.73 Å². The fourth-order valence-corrected chi connectivity index (χ4v) is 6.84. The number of aryl methyl sites for hydroxylation is 1. The second-order valence-corrected chi connectivity index (χ2v) is 11.8. The van der Waals surface area contributed by atoms with E-state index >= 15 is 0 Å². The van der Waals surface area contributed by atoms with Gasteiger partial charge in [0.05, 0.1) is 11.4 Å². The number of hydrogen-bond donors (Lipinski definition) is 1. The Morgan fingerprint density at radius 1 is 1.38 bits per heavy atom. The van der Waals surface area contributed by atoms with Crippen molar-refractivity contribution in [2.24, 2.45) is 11.1 Å². The molecule has 2 aliphatic rings. The molecule has 3 heterocycles. The molecule has 8 nitrogen and oxygen atoms in total. The summed E-state index contributed by atoms with van der Waals surface area (Å²) in [5.41, 5.74) is 5.55. The molecule has 26 heavy (non-hydrogen) atoms. The molecule has 2 atom stereocenters. The molecular formula is C15H20N4O4S3. The number of aromatic nitrogens is 2. The number of hydrogen-bond acceptors (Lipinski definition) is 9. The highest BCUT2D eigenvalue weighted by molar-refractivity contribution is 8.01. The molecular weight excluding hydrogens is 396 g/mol. The van der Waals surface area contributed by atoms with Gasteiger partial charge in [-0.15, -0.1) is 10.2 Å². The number of Topliss-reactive ketones (excluding diaryl/α,β-unsaturated/α-hetero) is 1. The highest BCUT2D eigenvalue weighted by Crippen LogP contribution is 2.40. The van der Waals surface area contributed by atoms with E-state index in [2.05, 4.69) is 10.2 Å². The zero-order chi connectivity index (χ0) is 19.4. The molecule has 2 aliphatic heterocycles. The molecule has 0 bridgehead atoms. The third-order valence-corrected chi connectivity index (χ3v) is 8.23. The topological polar surface area (TPSA) is 123 Å². The number of nitrogens with two attached hydrogens (primary N) is 1. The smallest absolute Gasteiger partial charge is 0.248 e. The standard InChI is InChI=1S/C15H20N4O4S3/c1-7-17-18-14(25-7)24-5-8-6-26(22,23)13-9(16)12(21)19(13)10(8)11(20)15(2,3)4/h9,13H,5-6,16H2,1-4H3/t9-,13+/m1/s1. The minimum atomic E-state index is -3.64. The second kappa shape index (κ2) is 6.39. The van der Waals surface area contributed by atoms with Crippen LogP contribution >= 0.6 is 23.1 Å². The van der Waals surface area contributed by atoms with Crippen LogP contribution in [0.2, 0.25) is 0 Å². The van der Waals surface area contributed by atoms with E-state index in [1.165, 1.54) is 23.1 Å². The quantitative estimate of drug-likeness (QED) is 0.563. The first-order chi connectivity index (χ1) is 11.9. The molecule has 1 aromatic rings. The minimum absolute atomic E-state index is 0.178. The molecule has 142 valence electrons. The third-order valence-electron chi connectivity index (χ3n) is 4.18. The molecule has 0 spiro atoms. The van der Waals surface area contributed by atoms with E-state index in [9.17, 15) is 18.0 Å². The second-order valence-electron chi connectivity index (χ2n) is 7.34. The monoisotopic (exact) mass is 416 g/mol. The summed E-state index contributed by atoms with van der Waals surface area (Å²) in [5.74, 6) is -0.824. The Balaban J connectivity index is 2.02. The number of carbonyl (C=O) groups excluding carboxylic acids is 2. The maximum atomic E-state index is 13.0. The van der Waals surface area contributed by atoms with Crippen molar-refractivity contribution in [3.8, 4) is 0 Å². The fourth-order valence-electron chi connectivity index (χ4n) is 2.90. The number of sulfone groups is 1. The number of nitrogens with zero attached hydrogens (tertiary/aromatic N) is 3. The van der Waals surface area contributed by atoms with Crippen molar-refractivity contribution in [2.45, 2.75) is 43.5 Å². The molecule has 1 fully saturated rings. The van der Waals surface area contributed by atoms with Gasteiger partial charge < -0.3 is 5.73 Å². The van der Waals surface area contributed by atoms with Crippen molar-refractivity contribution in [1.82, 2.24) is 15.1 Å². The Kier molecular flexibility index (Phi) is 4.79. The van der Waals surface area contributed by atoms with Gasteiger partial charge in [0.25, 0.3) is 0 Å². The summed E-state index contributed by atoms with van der Waals surface area (Å²) < 4.78 is 25.9. The van der Waals surface area contributed by atoms with Crippen molar-refractivity contribution in [3.63, 3.8) is 0 Å². The first kappa shape index (κ1) is 19.5. The van der Waals surface area contributed by atoms with E-state index in [4.69, 9.17) is 5.73 Å². The fraction of sp³-hybridized carbons (Fsp3) is 0.600. The van der Waals surface area contributed by atoms with Gasteiger partial charge in [-0.3, -0.25) is 14.5 Å². The van der Waals surface area contributed by atoms with E-state index in [0.717, 1.165) is 9.91 Å². The van der Waals surface area contributed by atoms with Crippen LogP contribution in [0.3, 0.4) is 0 Å². The molecule has 1 aromatic heterocycles. The number of allylic oxidation sites excluding steroid dienone is 1. The summed E-state index contributed by atoms with van der Waals surface area (Å²) in [5, 5.41) is 7.59. The van der Waals surface area contributed by atoms with Crippen molar-refractivity contribution in [3.05, 3.63) is 16.3 Å². The van der Waals surface area contributed by atoms with Crippen molar-refractivity contribution in [2.75, 3.05) is 11.5 Å². The van der Waals surface area contributed by atoms with Gasteiger partial charge in [0, 0.05) is 11.2 Å². The Labute approximate surface area is 160 Å². The average molecular weight is 417 g/mol. The van der Waals surface area contributed by atoms with Crippen molar-refractivity contribution >= 4 is 44.6 Å². The van der Waals surface area contributed by atoms with Crippen LogP contribution in [-0.2, 0) is 19.4 Å².